The van der Waals surface area contributed by atoms with Gasteiger partial charge in [0, 0.05) is 11.1 Å². The van der Waals surface area contributed by atoms with Gasteiger partial charge in [-0.05, 0) is 24.6 Å². The van der Waals surface area contributed by atoms with Crippen molar-refractivity contribution in [2.24, 2.45) is 0 Å². The number of hydrogen-bond acceptors (Lipinski definition) is 3. The monoisotopic (exact) mass is 403 g/mol. The van der Waals surface area contributed by atoms with Crippen LogP contribution in [-0.4, -0.2) is 25.7 Å². The highest BCUT2D eigenvalue weighted by Gasteiger charge is 2.20. The minimum atomic E-state index is -0.117. The highest BCUT2D eigenvalue weighted by molar-refractivity contribution is 5.77. The van der Waals surface area contributed by atoms with Gasteiger partial charge in [0.1, 0.15) is 19.3 Å². The Bertz CT molecular complexity index is 937. The molecule has 1 amide bonds. The molecule has 1 aliphatic rings. The number of benzene rings is 3. The van der Waals surface area contributed by atoms with E-state index in [1.54, 1.807) is 0 Å². The van der Waals surface area contributed by atoms with Gasteiger partial charge >= 0.3 is 0 Å². The molecule has 4 rings (SSSR count). The number of carbonyl (C=O) groups is 1. The van der Waals surface area contributed by atoms with E-state index in [1.165, 1.54) is 11.1 Å². The average molecular weight is 404 g/mol. The molecule has 0 saturated carbocycles. The Kier molecular flexibility index (Phi) is 6.30. The second-order valence-corrected chi connectivity index (χ2v) is 7.43. The summed E-state index contributed by atoms with van der Waals surface area (Å²) in [5.41, 5.74) is 3.35. The molecule has 0 bridgehead atoms. The predicted octanol–water partition coefficient (Wildman–Crippen LogP) is 2.99. The molecule has 154 valence electrons. The molecule has 0 radical (unpaired) electrons. The van der Waals surface area contributed by atoms with Crippen molar-refractivity contribution in [1.82, 2.24) is 5.32 Å². The summed E-state index contributed by atoms with van der Waals surface area (Å²) in [6, 6.07) is 26.3. The first-order valence-electron chi connectivity index (χ1n) is 10.3. The van der Waals surface area contributed by atoms with E-state index in [4.69, 9.17) is 9.47 Å². The van der Waals surface area contributed by atoms with Crippen molar-refractivity contribution < 1.29 is 19.6 Å². The van der Waals surface area contributed by atoms with Gasteiger partial charge in [-0.25, -0.2) is 0 Å². The smallest absolute Gasteiger partial charge is 0.275 e. The molecule has 30 heavy (non-hydrogen) atoms. The Morgan fingerprint density at radius 3 is 2.10 bits per heavy atom. The van der Waals surface area contributed by atoms with Crippen LogP contribution in [0.1, 0.15) is 35.7 Å². The second-order valence-electron chi connectivity index (χ2n) is 7.43. The summed E-state index contributed by atoms with van der Waals surface area (Å²) >= 11 is 0. The van der Waals surface area contributed by atoms with Crippen LogP contribution < -0.4 is 20.1 Å². The number of carbonyl (C=O) groups excluding carboxylic acids is 1. The summed E-state index contributed by atoms with van der Waals surface area (Å²) in [5, 5.41) is 5.17. The van der Waals surface area contributed by atoms with E-state index < -0.39 is 0 Å². The molecular weight excluding hydrogens is 376 g/mol. The van der Waals surface area contributed by atoms with Gasteiger partial charge < -0.3 is 20.1 Å². The van der Waals surface area contributed by atoms with Crippen LogP contribution in [0, 0.1) is 0 Å². The van der Waals surface area contributed by atoms with Crippen molar-refractivity contribution in [2.75, 3.05) is 19.8 Å². The van der Waals surface area contributed by atoms with Crippen LogP contribution in [-0.2, 0) is 4.79 Å². The summed E-state index contributed by atoms with van der Waals surface area (Å²) in [6.45, 7) is 3.43. The van der Waals surface area contributed by atoms with E-state index in [1.807, 2.05) is 61.5 Å². The zero-order valence-electron chi connectivity index (χ0n) is 17.1. The van der Waals surface area contributed by atoms with Crippen LogP contribution >= 0.6 is 0 Å². The Labute approximate surface area is 177 Å². The molecule has 5 heteroatoms. The van der Waals surface area contributed by atoms with Gasteiger partial charge in [0.25, 0.3) is 5.91 Å². The van der Waals surface area contributed by atoms with E-state index in [0.29, 0.717) is 19.8 Å². The van der Waals surface area contributed by atoms with Gasteiger partial charge in [-0.2, -0.15) is 0 Å². The zero-order chi connectivity index (χ0) is 20.8. The van der Waals surface area contributed by atoms with E-state index in [9.17, 15) is 4.79 Å². The maximum Gasteiger partial charge on any atom is 0.275 e. The van der Waals surface area contributed by atoms with Gasteiger partial charge in [0.05, 0.1) is 6.04 Å². The van der Waals surface area contributed by atoms with Gasteiger partial charge in [-0.1, -0.05) is 66.7 Å². The average Bonchev–Trinajstić information content (AvgIpc) is 2.80. The maximum atomic E-state index is 12.7. The first-order chi connectivity index (χ1) is 14.7. The van der Waals surface area contributed by atoms with Crippen molar-refractivity contribution in [2.45, 2.75) is 19.0 Å². The minimum Gasteiger partial charge on any atom is -0.486 e. The number of hydrogen-bond donors (Lipinski definition) is 2. The molecule has 0 unspecified atom stereocenters. The molecule has 0 fully saturated rings. The molecule has 0 saturated heterocycles. The van der Waals surface area contributed by atoms with E-state index in [0.717, 1.165) is 17.1 Å². The van der Waals surface area contributed by atoms with Crippen molar-refractivity contribution in [1.29, 1.82) is 0 Å². The number of ether oxygens (including phenoxy) is 2. The molecule has 1 heterocycles. The van der Waals surface area contributed by atoms with Crippen molar-refractivity contribution in [3.8, 4) is 11.5 Å². The first kappa shape index (κ1) is 20.0. The number of quaternary nitrogens is 1. The van der Waals surface area contributed by atoms with Gasteiger partial charge in [-0.3, -0.25) is 4.79 Å². The Balaban J connectivity index is 1.40. The molecule has 3 aromatic rings. The SMILES string of the molecule is C[C@H](NC(=O)C[NH2+]C(c1ccccc1)c1ccccc1)c1ccc2c(c1)OCCO2. The van der Waals surface area contributed by atoms with Gasteiger partial charge in [-0.15, -0.1) is 0 Å². The molecule has 1 atom stereocenters. The van der Waals surface area contributed by atoms with Gasteiger partial charge in [0.15, 0.2) is 18.0 Å². The molecule has 0 aromatic heterocycles. The van der Waals surface area contributed by atoms with Crippen LogP contribution in [0.2, 0.25) is 0 Å². The Morgan fingerprint density at radius 2 is 1.47 bits per heavy atom. The summed E-state index contributed by atoms with van der Waals surface area (Å²) in [5.74, 6) is 1.49. The topological polar surface area (TPSA) is 64.2 Å². The third kappa shape index (κ3) is 4.81. The molecule has 3 N–H and O–H groups in total. The second kappa shape index (κ2) is 9.46. The van der Waals surface area contributed by atoms with E-state index in [2.05, 4.69) is 34.9 Å². The zero-order valence-corrected chi connectivity index (χ0v) is 17.1. The normalized spacial score (nSPS) is 13.7. The van der Waals surface area contributed by atoms with Crippen LogP contribution in [0.5, 0.6) is 11.5 Å². The summed E-state index contributed by atoms with van der Waals surface area (Å²) < 4.78 is 11.2. The molecule has 5 nitrogen and oxygen atoms in total. The fourth-order valence-electron chi connectivity index (χ4n) is 3.72. The Morgan fingerprint density at radius 1 is 0.867 bits per heavy atom. The highest BCUT2D eigenvalue weighted by atomic mass is 16.6. The molecule has 0 spiro atoms. The summed E-state index contributed by atoms with van der Waals surface area (Å²) in [6.07, 6.45) is 0. The number of nitrogens with one attached hydrogen (secondary N) is 1. The number of amides is 1. The quantitative estimate of drug-likeness (QED) is 0.638. The third-order valence-corrected chi connectivity index (χ3v) is 5.30. The van der Waals surface area contributed by atoms with Crippen LogP contribution in [0.25, 0.3) is 0 Å². The summed E-state index contributed by atoms with van der Waals surface area (Å²) in [7, 11) is 0. The number of rotatable bonds is 7. The van der Waals surface area contributed by atoms with Crippen molar-refractivity contribution in [3.63, 3.8) is 0 Å². The minimum absolute atomic E-state index is 0.00532. The molecule has 1 aliphatic heterocycles. The largest absolute Gasteiger partial charge is 0.486 e. The lowest BCUT2D eigenvalue weighted by Crippen LogP contribution is -2.87. The van der Waals surface area contributed by atoms with E-state index >= 15 is 0 Å². The first-order valence-corrected chi connectivity index (χ1v) is 10.3. The molecular formula is C25H27N2O3+. The van der Waals surface area contributed by atoms with Crippen molar-refractivity contribution >= 4 is 5.91 Å². The molecule has 0 aliphatic carbocycles. The van der Waals surface area contributed by atoms with Crippen molar-refractivity contribution in [3.05, 3.63) is 95.6 Å². The lowest BCUT2D eigenvalue weighted by Gasteiger charge is -2.21. The number of nitrogens with two attached hydrogens (primary N) is 1. The lowest BCUT2D eigenvalue weighted by molar-refractivity contribution is -0.676. The number of fused-ring (bicyclic) bond motifs is 1. The fraction of sp³-hybridized carbons (Fsp3) is 0.240. The van der Waals surface area contributed by atoms with E-state index in [-0.39, 0.29) is 18.0 Å². The fourth-order valence-corrected chi connectivity index (χ4v) is 3.72. The standard InChI is InChI=1S/C25H26N2O3/c1-18(21-12-13-22-23(16-21)30-15-14-29-22)27-24(28)17-26-25(19-8-4-2-5-9-19)20-10-6-3-7-11-20/h2-13,16,18,25-26H,14-15,17H2,1H3,(H,27,28)/p+1/t18-/m0/s1. The lowest BCUT2D eigenvalue weighted by atomic mass is 9.99. The Hall–Kier alpha value is -3.31. The van der Waals surface area contributed by atoms with Gasteiger partial charge in [0.2, 0.25) is 0 Å². The van der Waals surface area contributed by atoms with Crippen LogP contribution in [0.4, 0.5) is 0 Å². The maximum absolute atomic E-state index is 12.7. The highest BCUT2D eigenvalue weighted by Crippen LogP contribution is 2.32. The predicted molar refractivity (Wildman–Crippen MR) is 116 cm³/mol. The third-order valence-electron chi connectivity index (χ3n) is 5.30. The summed E-state index contributed by atoms with van der Waals surface area (Å²) in [4.78, 5) is 12.7. The van der Waals surface area contributed by atoms with Crippen LogP contribution in [0.15, 0.2) is 78.9 Å². The van der Waals surface area contributed by atoms with Crippen LogP contribution in [0.3, 0.4) is 0 Å². The molecule has 3 aromatic carbocycles.